The number of nitrogens with two attached hydrogens (primary N) is 1. The first-order chi connectivity index (χ1) is 6.53. The summed E-state index contributed by atoms with van der Waals surface area (Å²) in [5.74, 6) is 0.517. The predicted octanol–water partition coefficient (Wildman–Crippen LogP) is 0.266. The lowest BCUT2D eigenvalue weighted by molar-refractivity contribution is 0.220. The molecule has 0 saturated carbocycles. The van der Waals surface area contributed by atoms with Crippen LogP contribution in [0.25, 0.3) is 0 Å². The standard InChI is InChI=1S/C9H20N2O2S.ClH/c1-2-14(12,13)7-6-11-5-3-4-9(10)8-11;/h9H,2-8,10H2,1H3;1H/t9-;/m1./s1. The Balaban J connectivity index is 0.00000196. The Kier molecular flexibility index (Phi) is 6.75. The van der Waals surface area contributed by atoms with E-state index in [9.17, 15) is 8.42 Å². The van der Waals surface area contributed by atoms with Gasteiger partial charge in [-0.05, 0) is 19.4 Å². The molecule has 1 rings (SSSR count). The van der Waals surface area contributed by atoms with Gasteiger partial charge in [0.2, 0.25) is 0 Å². The van der Waals surface area contributed by atoms with E-state index >= 15 is 0 Å². The molecule has 1 fully saturated rings. The van der Waals surface area contributed by atoms with E-state index in [4.69, 9.17) is 5.73 Å². The third kappa shape index (κ3) is 5.70. The average molecular weight is 257 g/mol. The lowest BCUT2D eigenvalue weighted by Gasteiger charge is -2.30. The quantitative estimate of drug-likeness (QED) is 0.784. The molecule has 0 aliphatic carbocycles. The Morgan fingerprint density at radius 1 is 1.47 bits per heavy atom. The summed E-state index contributed by atoms with van der Waals surface area (Å²) in [6, 6.07) is 0.230. The number of sulfone groups is 1. The maximum Gasteiger partial charge on any atom is 0.151 e. The average Bonchev–Trinajstić information content (AvgIpc) is 2.15. The molecule has 0 aromatic carbocycles. The summed E-state index contributed by atoms with van der Waals surface area (Å²) in [5, 5.41) is 0. The largest absolute Gasteiger partial charge is 0.327 e. The molecule has 92 valence electrons. The van der Waals surface area contributed by atoms with Gasteiger partial charge in [-0.2, -0.15) is 0 Å². The second kappa shape index (κ2) is 6.68. The maximum absolute atomic E-state index is 11.3. The molecule has 1 saturated heterocycles. The molecule has 4 nitrogen and oxygen atoms in total. The van der Waals surface area contributed by atoms with Crippen LogP contribution in [0.15, 0.2) is 0 Å². The molecule has 0 aromatic heterocycles. The van der Waals surface area contributed by atoms with E-state index in [1.807, 2.05) is 0 Å². The minimum atomic E-state index is -2.82. The second-order valence-electron chi connectivity index (χ2n) is 3.94. The van der Waals surface area contributed by atoms with E-state index in [0.29, 0.717) is 6.54 Å². The Labute approximate surface area is 98.5 Å². The van der Waals surface area contributed by atoms with Crippen molar-refractivity contribution in [1.29, 1.82) is 0 Å². The SMILES string of the molecule is CCS(=O)(=O)CCN1CCC[C@@H](N)C1.Cl. The van der Waals surface area contributed by atoms with Crippen LogP contribution < -0.4 is 5.73 Å². The van der Waals surface area contributed by atoms with Crippen molar-refractivity contribution < 1.29 is 8.42 Å². The molecule has 1 aliphatic heterocycles. The molecule has 6 heteroatoms. The maximum atomic E-state index is 11.3. The van der Waals surface area contributed by atoms with Crippen LogP contribution in [-0.4, -0.2) is 50.5 Å². The highest BCUT2D eigenvalue weighted by molar-refractivity contribution is 7.91. The number of nitrogens with zero attached hydrogens (tertiary/aromatic N) is 1. The van der Waals surface area contributed by atoms with Crippen LogP contribution in [-0.2, 0) is 9.84 Å². The topological polar surface area (TPSA) is 63.4 Å². The van der Waals surface area contributed by atoms with Crippen molar-refractivity contribution in [1.82, 2.24) is 4.90 Å². The van der Waals surface area contributed by atoms with Gasteiger partial charge in [0.1, 0.15) is 0 Å². The Morgan fingerprint density at radius 3 is 2.67 bits per heavy atom. The lowest BCUT2D eigenvalue weighted by Crippen LogP contribution is -2.44. The van der Waals surface area contributed by atoms with E-state index in [0.717, 1.165) is 25.9 Å². The number of rotatable bonds is 4. The monoisotopic (exact) mass is 256 g/mol. The molecule has 0 unspecified atom stereocenters. The smallest absolute Gasteiger partial charge is 0.151 e. The summed E-state index contributed by atoms with van der Waals surface area (Å²) in [5.41, 5.74) is 5.81. The van der Waals surface area contributed by atoms with E-state index < -0.39 is 9.84 Å². The molecule has 1 aliphatic rings. The second-order valence-corrected chi connectivity index (χ2v) is 6.41. The first-order valence-electron chi connectivity index (χ1n) is 5.22. The van der Waals surface area contributed by atoms with Gasteiger partial charge in [0.15, 0.2) is 9.84 Å². The van der Waals surface area contributed by atoms with E-state index in [2.05, 4.69) is 4.90 Å². The van der Waals surface area contributed by atoms with Crippen molar-refractivity contribution >= 4 is 22.2 Å². The van der Waals surface area contributed by atoms with Crippen molar-refractivity contribution in [2.24, 2.45) is 5.73 Å². The van der Waals surface area contributed by atoms with Crippen molar-refractivity contribution in [2.75, 3.05) is 31.1 Å². The molecular weight excluding hydrogens is 236 g/mol. The van der Waals surface area contributed by atoms with E-state index in [1.165, 1.54) is 0 Å². The first-order valence-corrected chi connectivity index (χ1v) is 7.04. The molecule has 0 amide bonds. The fourth-order valence-electron chi connectivity index (χ4n) is 1.71. The highest BCUT2D eigenvalue weighted by Crippen LogP contribution is 2.07. The molecule has 2 N–H and O–H groups in total. The van der Waals surface area contributed by atoms with Gasteiger partial charge >= 0.3 is 0 Å². The van der Waals surface area contributed by atoms with Crippen LogP contribution in [0.5, 0.6) is 0 Å². The molecule has 0 aromatic rings. The number of hydrogen-bond acceptors (Lipinski definition) is 4. The molecule has 1 heterocycles. The van der Waals surface area contributed by atoms with Crippen molar-refractivity contribution in [2.45, 2.75) is 25.8 Å². The van der Waals surface area contributed by atoms with Gasteiger partial charge in [0, 0.05) is 24.9 Å². The summed E-state index contributed by atoms with van der Waals surface area (Å²) >= 11 is 0. The lowest BCUT2D eigenvalue weighted by atomic mass is 10.1. The van der Waals surface area contributed by atoms with Crippen LogP contribution in [0.1, 0.15) is 19.8 Å². The van der Waals surface area contributed by atoms with Crippen molar-refractivity contribution in [3.8, 4) is 0 Å². The highest BCUT2D eigenvalue weighted by Gasteiger charge is 2.18. The summed E-state index contributed by atoms with van der Waals surface area (Å²) in [6.07, 6.45) is 2.16. The summed E-state index contributed by atoms with van der Waals surface area (Å²) in [6.45, 7) is 4.17. The Hall–Kier alpha value is 0.160. The van der Waals surface area contributed by atoms with Gasteiger partial charge < -0.3 is 10.6 Å². The minimum Gasteiger partial charge on any atom is -0.327 e. The number of halogens is 1. The zero-order valence-electron chi connectivity index (χ0n) is 9.18. The predicted molar refractivity (Wildman–Crippen MR) is 65.2 cm³/mol. The Bertz CT molecular complexity index is 269. The van der Waals surface area contributed by atoms with Gasteiger partial charge in [-0.15, -0.1) is 12.4 Å². The molecule has 0 bridgehead atoms. The fraction of sp³-hybridized carbons (Fsp3) is 1.00. The van der Waals surface area contributed by atoms with Crippen molar-refractivity contribution in [3.63, 3.8) is 0 Å². The number of hydrogen-bond donors (Lipinski definition) is 1. The van der Waals surface area contributed by atoms with Gasteiger partial charge in [-0.25, -0.2) is 8.42 Å². The Morgan fingerprint density at radius 2 is 2.13 bits per heavy atom. The van der Waals surface area contributed by atoms with Crippen LogP contribution in [0.4, 0.5) is 0 Å². The molecule has 0 spiro atoms. The van der Waals surface area contributed by atoms with Gasteiger partial charge in [-0.3, -0.25) is 0 Å². The molecule has 1 atom stereocenters. The van der Waals surface area contributed by atoms with E-state index in [1.54, 1.807) is 6.92 Å². The van der Waals surface area contributed by atoms with Gasteiger partial charge in [-0.1, -0.05) is 6.92 Å². The van der Waals surface area contributed by atoms with Crippen LogP contribution in [0.2, 0.25) is 0 Å². The first kappa shape index (κ1) is 15.2. The van der Waals surface area contributed by atoms with Crippen LogP contribution in [0.3, 0.4) is 0 Å². The summed E-state index contributed by atoms with van der Waals surface area (Å²) < 4.78 is 22.5. The highest BCUT2D eigenvalue weighted by atomic mass is 35.5. The number of piperidine rings is 1. The molecular formula is C9H21ClN2O2S. The minimum absolute atomic E-state index is 0. The summed E-state index contributed by atoms with van der Waals surface area (Å²) in [7, 11) is -2.82. The summed E-state index contributed by atoms with van der Waals surface area (Å²) in [4.78, 5) is 2.15. The molecule has 0 radical (unpaired) electrons. The zero-order chi connectivity index (χ0) is 10.6. The zero-order valence-corrected chi connectivity index (χ0v) is 10.8. The normalized spacial score (nSPS) is 23.5. The van der Waals surface area contributed by atoms with Crippen LogP contribution >= 0.6 is 12.4 Å². The number of likely N-dealkylation sites (tertiary alicyclic amines) is 1. The van der Waals surface area contributed by atoms with E-state index in [-0.39, 0.29) is 30.0 Å². The van der Waals surface area contributed by atoms with Crippen molar-refractivity contribution in [3.05, 3.63) is 0 Å². The van der Waals surface area contributed by atoms with Gasteiger partial charge in [0.25, 0.3) is 0 Å². The molecule has 15 heavy (non-hydrogen) atoms. The van der Waals surface area contributed by atoms with Crippen LogP contribution in [0, 0.1) is 0 Å². The van der Waals surface area contributed by atoms with Gasteiger partial charge in [0.05, 0.1) is 5.75 Å². The third-order valence-electron chi connectivity index (χ3n) is 2.70. The third-order valence-corrected chi connectivity index (χ3v) is 4.38. The fourth-order valence-corrected chi connectivity index (χ4v) is 2.53.